The molecule has 4 nitrogen and oxygen atoms in total. The average Bonchev–Trinajstić information content (AvgIpc) is 2.97. The summed E-state index contributed by atoms with van der Waals surface area (Å²) < 4.78 is 0. The van der Waals surface area contributed by atoms with Crippen LogP contribution in [0.15, 0.2) is 30.3 Å². The third-order valence-corrected chi connectivity index (χ3v) is 4.85. The number of hydrogen-bond acceptors (Lipinski definition) is 2. The van der Waals surface area contributed by atoms with Crippen LogP contribution in [0.3, 0.4) is 0 Å². The second kappa shape index (κ2) is 4.93. The highest BCUT2D eigenvalue weighted by atomic mass is 16.4. The number of benzene rings is 1. The molecule has 0 aromatic heterocycles. The molecule has 1 amide bonds. The molecule has 1 saturated carbocycles. The number of fused-ring (bicyclic) bond motifs is 1. The molecule has 1 aromatic carbocycles. The smallest absolute Gasteiger partial charge is 0.311 e. The first-order valence-corrected chi connectivity index (χ1v) is 7.17. The minimum Gasteiger partial charge on any atom is -0.481 e. The lowest BCUT2D eigenvalue weighted by atomic mass is 9.81. The molecular formula is C16H19NO3. The van der Waals surface area contributed by atoms with Crippen LogP contribution in [0.4, 0.5) is 0 Å². The Morgan fingerprint density at radius 1 is 1.30 bits per heavy atom. The van der Waals surface area contributed by atoms with E-state index in [9.17, 15) is 14.7 Å². The Morgan fingerprint density at radius 2 is 2.05 bits per heavy atom. The maximum atomic E-state index is 12.3. The molecule has 20 heavy (non-hydrogen) atoms. The molecule has 0 unspecified atom stereocenters. The summed E-state index contributed by atoms with van der Waals surface area (Å²) in [5, 5.41) is 9.53. The van der Waals surface area contributed by atoms with Gasteiger partial charge in [-0.05, 0) is 24.3 Å². The van der Waals surface area contributed by atoms with Gasteiger partial charge in [0.05, 0.1) is 11.8 Å². The number of carboxylic acid groups (broad SMARTS) is 1. The number of aliphatic carboxylic acids is 1. The Balaban J connectivity index is 1.71. The van der Waals surface area contributed by atoms with Crippen LogP contribution in [-0.4, -0.2) is 35.0 Å². The van der Waals surface area contributed by atoms with Gasteiger partial charge in [0, 0.05) is 13.1 Å². The van der Waals surface area contributed by atoms with Gasteiger partial charge in [-0.2, -0.15) is 0 Å². The Labute approximate surface area is 118 Å². The monoisotopic (exact) mass is 273 g/mol. The number of hydrogen-bond donors (Lipinski definition) is 1. The third kappa shape index (κ3) is 2.09. The van der Waals surface area contributed by atoms with E-state index in [0.717, 1.165) is 18.4 Å². The van der Waals surface area contributed by atoms with Crippen molar-refractivity contribution < 1.29 is 14.7 Å². The van der Waals surface area contributed by atoms with E-state index in [-0.39, 0.29) is 11.8 Å². The van der Waals surface area contributed by atoms with Gasteiger partial charge in [-0.3, -0.25) is 9.59 Å². The SMILES string of the molecule is O=C(Cc1ccccc1)N1C[C@@H]2CCC[C@@]2(C(=O)O)C1. The predicted octanol–water partition coefficient (Wildman–Crippen LogP) is 1.94. The van der Waals surface area contributed by atoms with E-state index < -0.39 is 11.4 Å². The number of carboxylic acids is 1. The Bertz CT molecular complexity index is 528. The van der Waals surface area contributed by atoms with Crippen molar-refractivity contribution in [3.05, 3.63) is 35.9 Å². The maximum Gasteiger partial charge on any atom is 0.311 e. The number of nitrogens with zero attached hydrogens (tertiary/aromatic N) is 1. The van der Waals surface area contributed by atoms with Gasteiger partial charge in [0.15, 0.2) is 0 Å². The molecule has 1 heterocycles. The predicted molar refractivity (Wildman–Crippen MR) is 74.1 cm³/mol. The number of carbonyl (C=O) groups is 2. The van der Waals surface area contributed by atoms with Crippen LogP contribution in [0.25, 0.3) is 0 Å². The summed E-state index contributed by atoms with van der Waals surface area (Å²) in [7, 11) is 0. The zero-order chi connectivity index (χ0) is 14.2. The summed E-state index contributed by atoms with van der Waals surface area (Å²) in [6.07, 6.45) is 2.98. The van der Waals surface area contributed by atoms with Crippen LogP contribution in [0, 0.1) is 11.3 Å². The lowest BCUT2D eigenvalue weighted by Gasteiger charge is -2.23. The van der Waals surface area contributed by atoms with Crippen molar-refractivity contribution in [1.82, 2.24) is 4.90 Å². The molecule has 2 fully saturated rings. The number of rotatable bonds is 3. The largest absolute Gasteiger partial charge is 0.481 e. The summed E-state index contributed by atoms with van der Waals surface area (Å²) in [4.78, 5) is 25.7. The molecule has 3 rings (SSSR count). The first-order valence-electron chi connectivity index (χ1n) is 7.17. The van der Waals surface area contributed by atoms with E-state index >= 15 is 0 Å². The molecule has 1 saturated heterocycles. The van der Waals surface area contributed by atoms with Gasteiger partial charge in [0.2, 0.25) is 5.91 Å². The highest BCUT2D eigenvalue weighted by Crippen LogP contribution is 2.48. The van der Waals surface area contributed by atoms with E-state index in [1.165, 1.54) is 0 Å². The summed E-state index contributed by atoms with van der Waals surface area (Å²) in [5.41, 5.74) is 0.311. The summed E-state index contributed by atoms with van der Waals surface area (Å²) in [6.45, 7) is 0.997. The number of likely N-dealkylation sites (tertiary alicyclic amines) is 1. The molecule has 106 valence electrons. The molecule has 0 bridgehead atoms. The minimum atomic E-state index is -0.727. The normalized spacial score (nSPS) is 28.4. The molecule has 2 atom stereocenters. The van der Waals surface area contributed by atoms with Crippen LogP contribution in [0.5, 0.6) is 0 Å². The van der Waals surface area contributed by atoms with Crippen molar-refractivity contribution in [3.8, 4) is 0 Å². The number of amides is 1. The first kappa shape index (κ1) is 13.2. The minimum absolute atomic E-state index is 0.0474. The Morgan fingerprint density at radius 3 is 2.70 bits per heavy atom. The lowest BCUT2D eigenvalue weighted by Crippen LogP contribution is -2.37. The van der Waals surface area contributed by atoms with Crippen molar-refractivity contribution in [2.45, 2.75) is 25.7 Å². The van der Waals surface area contributed by atoms with Gasteiger partial charge >= 0.3 is 5.97 Å². The fraction of sp³-hybridized carbons (Fsp3) is 0.500. The molecular weight excluding hydrogens is 254 g/mol. The van der Waals surface area contributed by atoms with Crippen molar-refractivity contribution in [1.29, 1.82) is 0 Å². The fourth-order valence-electron chi connectivity index (χ4n) is 3.71. The zero-order valence-corrected chi connectivity index (χ0v) is 11.4. The van der Waals surface area contributed by atoms with Crippen molar-refractivity contribution in [3.63, 3.8) is 0 Å². The molecule has 1 aliphatic carbocycles. The third-order valence-electron chi connectivity index (χ3n) is 4.85. The van der Waals surface area contributed by atoms with E-state index in [4.69, 9.17) is 0 Å². The molecule has 2 aliphatic rings. The van der Waals surface area contributed by atoms with Crippen LogP contribution >= 0.6 is 0 Å². The highest BCUT2D eigenvalue weighted by Gasteiger charge is 2.55. The summed E-state index contributed by atoms with van der Waals surface area (Å²) in [6, 6.07) is 9.62. The van der Waals surface area contributed by atoms with Crippen LogP contribution < -0.4 is 0 Å². The van der Waals surface area contributed by atoms with Crippen LogP contribution in [0.1, 0.15) is 24.8 Å². The Kier molecular flexibility index (Phi) is 3.24. The average molecular weight is 273 g/mol. The second-order valence-corrected chi connectivity index (χ2v) is 5.99. The molecule has 1 aliphatic heterocycles. The van der Waals surface area contributed by atoms with E-state index in [2.05, 4.69) is 0 Å². The standard InChI is InChI=1S/C16H19NO3/c18-14(9-12-5-2-1-3-6-12)17-10-13-7-4-8-16(13,11-17)15(19)20/h1-3,5-6,13H,4,7-11H2,(H,19,20)/t13-,16+/m0/s1. The Hall–Kier alpha value is -1.84. The summed E-state index contributed by atoms with van der Waals surface area (Å²) in [5.74, 6) is -0.541. The van der Waals surface area contributed by atoms with Gasteiger partial charge in [-0.25, -0.2) is 0 Å². The van der Waals surface area contributed by atoms with Crippen LogP contribution in [-0.2, 0) is 16.0 Å². The number of carbonyl (C=O) groups excluding carboxylic acids is 1. The van der Waals surface area contributed by atoms with E-state index in [1.54, 1.807) is 4.90 Å². The van der Waals surface area contributed by atoms with Gasteiger partial charge < -0.3 is 10.0 Å². The lowest BCUT2D eigenvalue weighted by molar-refractivity contribution is -0.149. The molecule has 1 aromatic rings. The van der Waals surface area contributed by atoms with Crippen LogP contribution in [0.2, 0.25) is 0 Å². The quantitative estimate of drug-likeness (QED) is 0.915. The van der Waals surface area contributed by atoms with Gasteiger partial charge in [-0.15, -0.1) is 0 Å². The summed E-state index contributed by atoms with van der Waals surface area (Å²) >= 11 is 0. The topological polar surface area (TPSA) is 57.6 Å². The van der Waals surface area contributed by atoms with E-state index in [0.29, 0.717) is 25.9 Å². The zero-order valence-electron chi connectivity index (χ0n) is 11.4. The molecule has 0 radical (unpaired) electrons. The molecule has 1 N–H and O–H groups in total. The van der Waals surface area contributed by atoms with Crippen molar-refractivity contribution in [2.75, 3.05) is 13.1 Å². The molecule has 4 heteroatoms. The first-order chi connectivity index (χ1) is 9.62. The fourth-order valence-corrected chi connectivity index (χ4v) is 3.71. The van der Waals surface area contributed by atoms with Gasteiger partial charge in [0.1, 0.15) is 0 Å². The second-order valence-electron chi connectivity index (χ2n) is 5.99. The van der Waals surface area contributed by atoms with Gasteiger partial charge in [-0.1, -0.05) is 36.8 Å². The van der Waals surface area contributed by atoms with E-state index in [1.807, 2.05) is 30.3 Å². The highest BCUT2D eigenvalue weighted by molar-refractivity contribution is 5.82. The van der Waals surface area contributed by atoms with Gasteiger partial charge in [0.25, 0.3) is 0 Å². The van der Waals surface area contributed by atoms with Crippen molar-refractivity contribution in [2.24, 2.45) is 11.3 Å². The van der Waals surface area contributed by atoms with Crippen molar-refractivity contribution >= 4 is 11.9 Å². The molecule has 0 spiro atoms. The maximum absolute atomic E-state index is 12.3.